The number of para-hydroxylation sites is 3. The molecule has 1 unspecified atom stereocenters. The molecule has 21 heavy (non-hydrogen) atoms. The summed E-state index contributed by atoms with van der Waals surface area (Å²) in [5.41, 5.74) is 7.16. The molecule has 2 aromatic carbocycles. The smallest absolute Gasteiger partial charge is 0.161 e. The van der Waals surface area contributed by atoms with Gasteiger partial charge in [0.25, 0.3) is 0 Å². The maximum absolute atomic E-state index is 6.22. The van der Waals surface area contributed by atoms with Crippen LogP contribution in [0.15, 0.2) is 48.5 Å². The van der Waals surface area contributed by atoms with Gasteiger partial charge in [-0.25, -0.2) is 0 Å². The molecule has 4 heteroatoms. The van der Waals surface area contributed by atoms with E-state index in [9.17, 15) is 0 Å². The summed E-state index contributed by atoms with van der Waals surface area (Å²) < 4.78 is 16.6. The van der Waals surface area contributed by atoms with Gasteiger partial charge in [-0.3, -0.25) is 0 Å². The zero-order chi connectivity index (χ0) is 15.1. The van der Waals surface area contributed by atoms with Gasteiger partial charge in [0.2, 0.25) is 0 Å². The maximum atomic E-state index is 6.22. The normalized spacial score (nSPS) is 11.8. The van der Waals surface area contributed by atoms with Crippen LogP contribution in [0.2, 0.25) is 0 Å². The van der Waals surface area contributed by atoms with E-state index in [0.717, 1.165) is 11.3 Å². The van der Waals surface area contributed by atoms with Crippen molar-refractivity contribution in [3.8, 4) is 17.2 Å². The van der Waals surface area contributed by atoms with Gasteiger partial charge in [-0.1, -0.05) is 30.3 Å². The van der Waals surface area contributed by atoms with Crippen LogP contribution in [0.25, 0.3) is 0 Å². The topological polar surface area (TPSA) is 53.7 Å². The van der Waals surface area contributed by atoms with Crippen LogP contribution in [-0.2, 0) is 0 Å². The summed E-state index contributed by atoms with van der Waals surface area (Å²) in [7, 11) is 1.62. The second kappa shape index (κ2) is 7.55. The highest BCUT2D eigenvalue weighted by molar-refractivity contribution is 5.40. The van der Waals surface area contributed by atoms with E-state index in [1.165, 1.54) is 0 Å². The molecular formula is C17H21NO3. The first-order chi connectivity index (χ1) is 10.3. The molecule has 0 fully saturated rings. The zero-order valence-electron chi connectivity index (χ0n) is 12.4. The Hall–Kier alpha value is -2.20. The van der Waals surface area contributed by atoms with Crippen molar-refractivity contribution < 1.29 is 14.2 Å². The quantitative estimate of drug-likeness (QED) is 0.850. The molecule has 4 nitrogen and oxygen atoms in total. The fourth-order valence-corrected chi connectivity index (χ4v) is 2.08. The minimum atomic E-state index is -0.266. The molecule has 0 radical (unpaired) electrons. The van der Waals surface area contributed by atoms with Crippen molar-refractivity contribution in [2.45, 2.75) is 13.0 Å². The molecule has 2 rings (SSSR count). The van der Waals surface area contributed by atoms with Crippen LogP contribution in [0.4, 0.5) is 0 Å². The van der Waals surface area contributed by atoms with E-state index in [1.807, 2.05) is 55.5 Å². The van der Waals surface area contributed by atoms with Crippen LogP contribution in [0.5, 0.6) is 17.2 Å². The van der Waals surface area contributed by atoms with Crippen molar-refractivity contribution >= 4 is 0 Å². The van der Waals surface area contributed by atoms with Gasteiger partial charge in [-0.05, 0) is 25.1 Å². The van der Waals surface area contributed by atoms with Gasteiger partial charge >= 0.3 is 0 Å². The van der Waals surface area contributed by atoms with E-state index >= 15 is 0 Å². The molecule has 0 aliphatic rings. The number of hydrogen-bond acceptors (Lipinski definition) is 4. The van der Waals surface area contributed by atoms with Crippen LogP contribution < -0.4 is 19.9 Å². The van der Waals surface area contributed by atoms with Crippen molar-refractivity contribution in [3.63, 3.8) is 0 Å². The fourth-order valence-electron chi connectivity index (χ4n) is 2.08. The monoisotopic (exact) mass is 287 g/mol. The van der Waals surface area contributed by atoms with E-state index in [2.05, 4.69) is 0 Å². The number of ether oxygens (including phenoxy) is 3. The van der Waals surface area contributed by atoms with Crippen molar-refractivity contribution in [1.29, 1.82) is 0 Å². The molecule has 0 amide bonds. The number of hydrogen-bond donors (Lipinski definition) is 1. The molecule has 0 aliphatic heterocycles. The Labute approximate surface area is 125 Å². The molecule has 2 aromatic rings. The number of methoxy groups -OCH3 is 1. The van der Waals surface area contributed by atoms with Gasteiger partial charge in [0.05, 0.1) is 19.8 Å². The molecule has 0 heterocycles. The lowest BCUT2D eigenvalue weighted by atomic mass is 10.1. The Balaban J connectivity index is 2.06. The molecule has 0 spiro atoms. The summed E-state index contributed by atoms with van der Waals surface area (Å²) >= 11 is 0. The molecule has 0 aromatic heterocycles. The van der Waals surface area contributed by atoms with E-state index in [-0.39, 0.29) is 6.04 Å². The Kier molecular flexibility index (Phi) is 5.46. The van der Waals surface area contributed by atoms with Crippen molar-refractivity contribution in [1.82, 2.24) is 0 Å². The SMILES string of the molecule is CCOc1ccccc1C(N)COc1ccccc1OC. The van der Waals surface area contributed by atoms with E-state index in [4.69, 9.17) is 19.9 Å². The average Bonchev–Trinajstić information content (AvgIpc) is 2.53. The van der Waals surface area contributed by atoms with E-state index in [1.54, 1.807) is 7.11 Å². The summed E-state index contributed by atoms with van der Waals surface area (Å²) in [6.45, 7) is 2.91. The third-order valence-electron chi connectivity index (χ3n) is 3.11. The number of nitrogens with two attached hydrogens (primary N) is 1. The molecule has 112 valence electrons. The summed E-state index contributed by atoms with van der Waals surface area (Å²) in [5.74, 6) is 2.18. The minimum Gasteiger partial charge on any atom is -0.494 e. The van der Waals surface area contributed by atoms with Gasteiger partial charge in [-0.2, -0.15) is 0 Å². The highest BCUT2D eigenvalue weighted by Gasteiger charge is 2.13. The van der Waals surface area contributed by atoms with E-state index < -0.39 is 0 Å². The standard InChI is InChI=1S/C17H21NO3/c1-3-20-15-9-5-4-8-13(15)14(18)12-21-17-11-7-6-10-16(17)19-2/h4-11,14H,3,12,18H2,1-2H3. The van der Waals surface area contributed by atoms with Crippen molar-refractivity contribution in [2.75, 3.05) is 20.3 Å². The van der Waals surface area contributed by atoms with Crippen LogP contribution in [0.3, 0.4) is 0 Å². The zero-order valence-corrected chi connectivity index (χ0v) is 12.4. The first-order valence-corrected chi connectivity index (χ1v) is 6.99. The van der Waals surface area contributed by atoms with Gasteiger partial charge < -0.3 is 19.9 Å². The van der Waals surface area contributed by atoms with Crippen molar-refractivity contribution in [3.05, 3.63) is 54.1 Å². The average molecular weight is 287 g/mol. The second-order valence-electron chi connectivity index (χ2n) is 4.54. The summed E-state index contributed by atoms with van der Waals surface area (Å²) in [6, 6.07) is 15.0. The lowest BCUT2D eigenvalue weighted by molar-refractivity contribution is 0.267. The first kappa shape index (κ1) is 15.2. The predicted octanol–water partition coefficient (Wildman–Crippen LogP) is 3.17. The third-order valence-corrected chi connectivity index (χ3v) is 3.11. The maximum Gasteiger partial charge on any atom is 0.161 e. The first-order valence-electron chi connectivity index (χ1n) is 6.99. The Morgan fingerprint density at radius 3 is 2.19 bits per heavy atom. The number of rotatable bonds is 7. The predicted molar refractivity (Wildman–Crippen MR) is 83.0 cm³/mol. The highest BCUT2D eigenvalue weighted by atomic mass is 16.5. The molecule has 0 saturated carbocycles. The minimum absolute atomic E-state index is 0.266. The summed E-state index contributed by atoms with van der Waals surface area (Å²) in [6.07, 6.45) is 0. The summed E-state index contributed by atoms with van der Waals surface area (Å²) in [5, 5.41) is 0. The van der Waals surface area contributed by atoms with Crippen LogP contribution >= 0.6 is 0 Å². The number of benzene rings is 2. The highest BCUT2D eigenvalue weighted by Crippen LogP contribution is 2.28. The molecule has 0 saturated heterocycles. The van der Waals surface area contributed by atoms with Crippen molar-refractivity contribution in [2.24, 2.45) is 5.73 Å². The second-order valence-corrected chi connectivity index (χ2v) is 4.54. The third kappa shape index (κ3) is 3.89. The fraction of sp³-hybridized carbons (Fsp3) is 0.294. The summed E-state index contributed by atoms with van der Waals surface area (Å²) in [4.78, 5) is 0. The molecular weight excluding hydrogens is 266 g/mol. The Morgan fingerprint density at radius 1 is 0.905 bits per heavy atom. The molecule has 0 bridgehead atoms. The Morgan fingerprint density at radius 2 is 1.52 bits per heavy atom. The largest absolute Gasteiger partial charge is 0.494 e. The van der Waals surface area contributed by atoms with Gasteiger partial charge in [0.1, 0.15) is 12.4 Å². The molecule has 2 N–H and O–H groups in total. The van der Waals surface area contributed by atoms with Gasteiger partial charge in [0, 0.05) is 5.56 Å². The van der Waals surface area contributed by atoms with Crippen LogP contribution in [0, 0.1) is 0 Å². The van der Waals surface area contributed by atoms with E-state index in [0.29, 0.717) is 24.7 Å². The molecule has 0 aliphatic carbocycles. The molecule has 1 atom stereocenters. The van der Waals surface area contributed by atoms with Crippen LogP contribution in [-0.4, -0.2) is 20.3 Å². The van der Waals surface area contributed by atoms with Crippen LogP contribution in [0.1, 0.15) is 18.5 Å². The lowest BCUT2D eigenvalue weighted by Gasteiger charge is -2.18. The lowest BCUT2D eigenvalue weighted by Crippen LogP contribution is -2.20. The van der Waals surface area contributed by atoms with Gasteiger partial charge in [0.15, 0.2) is 11.5 Å². The Bertz CT molecular complexity index is 571. The van der Waals surface area contributed by atoms with Gasteiger partial charge in [-0.15, -0.1) is 0 Å².